The van der Waals surface area contributed by atoms with E-state index < -0.39 is 0 Å². The minimum atomic E-state index is -0.333. The summed E-state index contributed by atoms with van der Waals surface area (Å²) in [7, 11) is 1.82. The minimum Gasteiger partial charge on any atom is -0.393 e. The molecule has 3 aromatic rings. The first-order valence-electron chi connectivity index (χ1n) is 10.0. The fourth-order valence-electron chi connectivity index (χ4n) is 3.72. The van der Waals surface area contributed by atoms with Crippen LogP contribution in [0.4, 0.5) is 0 Å². The lowest BCUT2D eigenvalue weighted by molar-refractivity contribution is 0.334. The highest BCUT2D eigenvalue weighted by molar-refractivity contribution is 7.93. The first-order chi connectivity index (χ1) is 15.6. The van der Waals surface area contributed by atoms with Crippen molar-refractivity contribution in [2.24, 2.45) is 4.99 Å². The van der Waals surface area contributed by atoms with Gasteiger partial charge in [-0.25, -0.2) is 0 Å². The number of aliphatic imine (C=N–C) groups is 1. The topological polar surface area (TPSA) is 88.2 Å². The van der Waals surface area contributed by atoms with E-state index >= 15 is 0 Å². The molecule has 0 fully saturated rings. The Labute approximate surface area is 196 Å². The van der Waals surface area contributed by atoms with Crippen LogP contribution in [-0.2, 0) is 4.18 Å². The second-order valence-electron chi connectivity index (χ2n) is 7.16. The molecule has 2 heterocycles. The van der Waals surface area contributed by atoms with Crippen LogP contribution < -0.4 is 5.32 Å². The fourth-order valence-corrected chi connectivity index (χ4v) is 4.11. The summed E-state index contributed by atoms with van der Waals surface area (Å²) >= 11 is 7.45. The van der Waals surface area contributed by atoms with Gasteiger partial charge in [0, 0.05) is 47.4 Å². The van der Waals surface area contributed by atoms with Gasteiger partial charge in [-0.1, -0.05) is 29.8 Å². The van der Waals surface area contributed by atoms with Crippen molar-refractivity contribution in [2.45, 2.75) is 13.0 Å². The Bertz CT molecular complexity index is 1200. The molecule has 2 N–H and O–H groups in total. The summed E-state index contributed by atoms with van der Waals surface area (Å²) in [5, 5.41) is 20.3. The highest BCUT2D eigenvalue weighted by Crippen LogP contribution is 2.33. The Hall–Kier alpha value is -2.94. The second kappa shape index (κ2) is 9.68. The summed E-state index contributed by atoms with van der Waals surface area (Å²) in [5.74, 6) is 1.50. The first kappa shape index (κ1) is 22.3. The van der Waals surface area contributed by atoms with Crippen molar-refractivity contribution in [3.8, 4) is 5.69 Å². The Kier molecular flexibility index (Phi) is 6.74. The summed E-state index contributed by atoms with van der Waals surface area (Å²) in [6, 6.07) is 13.4. The maximum absolute atomic E-state index is 7.83. The van der Waals surface area contributed by atoms with Crippen LogP contribution in [0.2, 0.25) is 5.02 Å². The van der Waals surface area contributed by atoms with E-state index in [0.29, 0.717) is 11.6 Å². The van der Waals surface area contributed by atoms with E-state index in [1.54, 1.807) is 6.20 Å². The molecule has 0 aliphatic carbocycles. The molecule has 0 saturated heterocycles. The van der Waals surface area contributed by atoms with Crippen molar-refractivity contribution in [1.82, 2.24) is 20.1 Å². The lowest BCUT2D eigenvalue weighted by Crippen LogP contribution is -2.10. The molecule has 0 saturated carbocycles. The van der Waals surface area contributed by atoms with E-state index in [9.17, 15) is 0 Å². The maximum atomic E-state index is 7.83. The largest absolute Gasteiger partial charge is 0.393 e. The third kappa shape index (κ3) is 4.21. The number of halogens is 1. The monoisotopic (exact) mass is 466 g/mol. The van der Waals surface area contributed by atoms with Crippen molar-refractivity contribution >= 4 is 41.1 Å². The molecular formula is C23H23ClN6OS. The van der Waals surface area contributed by atoms with Crippen molar-refractivity contribution in [1.29, 1.82) is 5.41 Å². The van der Waals surface area contributed by atoms with Gasteiger partial charge >= 0.3 is 0 Å². The van der Waals surface area contributed by atoms with Crippen LogP contribution in [0, 0.1) is 12.3 Å². The molecule has 9 heteroatoms. The van der Waals surface area contributed by atoms with E-state index in [2.05, 4.69) is 21.6 Å². The third-order valence-corrected chi connectivity index (χ3v) is 5.80. The number of nitrogens with zero attached hydrogens (tertiary/aromatic N) is 4. The Morgan fingerprint density at radius 1 is 1.25 bits per heavy atom. The van der Waals surface area contributed by atoms with Crippen molar-refractivity contribution in [3.63, 3.8) is 0 Å². The maximum Gasteiger partial charge on any atom is 0.164 e. The van der Waals surface area contributed by atoms with Crippen LogP contribution in [-0.4, -0.2) is 46.6 Å². The van der Waals surface area contributed by atoms with Crippen molar-refractivity contribution in [2.75, 3.05) is 19.9 Å². The zero-order chi connectivity index (χ0) is 22.7. The lowest BCUT2D eigenvalue weighted by Gasteiger charge is -2.15. The summed E-state index contributed by atoms with van der Waals surface area (Å²) in [4.78, 5) is 5.10. The molecule has 1 atom stereocenters. The highest BCUT2D eigenvalue weighted by atomic mass is 35.5. The second-order valence-corrected chi connectivity index (χ2v) is 8.16. The zero-order valence-electron chi connectivity index (χ0n) is 18.0. The first-order valence-corrected chi connectivity index (χ1v) is 11.5. The van der Waals surface area contributed by atoms with Crippen LogP contribution >= 0.6 is 23.6 Å². The molecule has 0 unspecified atom stereocenters. The van der Waals surface area contributed by atoms with Gasteiger partial charge in [-0.3, -0.25) is 9.56 Å². The van der Waals surface area contributed by atoms with Crippen molar-refractivity contribution < 1.29 is 4.18 Å². The summed E-state index contributed by atoms with van der Waals surface area (Å²) in [6.45, 7) is 2.29. The Morgan fingerprint density at radius 2 is 2.03 bits per heavy atom. The molecular weight excluding hydrogens is 444 g/mol. The number of rotatable bonds is 7. The van der Waals surface area contributed by atoms with E-state index in [1.807, 2.05) is 61.2 Å². The van der Waals surface area contributed by atoms with Gasteiger partial charge in [0.15, 0.2) is 5.82 Å². The van der Waals surface area contributed by atoms with Crippen LogP contribution in [0.5, 0.6) is 0 Å². The van der Waals surface area contributed by atoms with Gasteiger partial charge in [0.25, 0.3) is 0 Å². The van der Waals surface area contributed by atoms with Crippen LogP contribution in [0.1, 0.15) is 34.4 Å². The smallest absolute Gasteiger partial charge is 0.164 e. The summed E-state index contributed by atoms with van der Waals surface area (Å²) in [6.07, 6.45) is 5.01. The van der Waals surface area contributed by atoms with Crippen LogP contribution in [0.15, 0.2) is 53.7 Å². The molecule has 0 radical (unpaired) electrons. The average molecular weight is 467 g/mol. The number of hydrogen-bond donors (Lipinski definition) is 2. The van der Waals surface area contributed by atoms with Crippen molar-refractivity contribution in [3.05, 3.63) is 82.0 Å². The van der Waals surface area contributed by atoms with Gasteiger partial charge in [0.1, 0.15) is 11.9 Å². The van der Waals surface area contributed by atoms with E-state index in [-0.39, 0.29) is 6.04 Å². The van der Waals surface area contributed by atoms with E-state index in [4.69, 9.17) is 26.2 Å². The number of hydrogen-bond acceptors (Lipinski definition) is 7. The molecule has 0 spiro atoms. The van der Waals surface area contributed by atoms with Crippen LogP contribution in [0.3, 0.4) is 0 Å². The van der Waals surface area contributed by atoms with Gasteiger partial charge in [0.05, 0.1) is 18.0 Å². The van der Waals surface area contributed by atoms with Crippen LogP contribution in [0.25, 0.3) is 11.3 Å². The predicted molar refractivity (Wildman–Crippen MR) is 131 cm³/mol. The molecule has 1 aliphatic heterocycles. The molecule has 164 valence electrons. The molecule has 0 bridgehead atoms. The number of benzene rings is 2. The molecule has 1 aromatic heterocycles. The normalized spacial score (nSPS) is 15.4. The number of aryl methyl sites for hydroxylation is 1. The number of aromatic nitrogens is 3. The van der Waals surface area contributed by atoms with E-state index in [0.717, 1.165) is 45.3 Å². The predicted octanol–water partition coefficient (Wildman–Crippen LogP) is 4.63. The molecule has 0 amide bonds. The Morgan fingerprint density at radius 3 is 2.72 bits per heavy atom. The third-order valence-electron chi connectivity index (χ3n) is 5.18. The summed E-state index contributed by atoms with van der Waals surface area (Å²) in [5.41, 5.74) is 5.27. The highest BCUT2D eigenvalue weighted by Gasteiger charge is 2.28. The molecule has 4 rings (SSSR count). The molecule has 2 aromatic carbocycles. The molecule has 32 heavy (non-hydrogen) atoms. The van der Waals surface area contributed by atoms with Gasteiger partial charge in [-0.2, -0.15) is 0 Å². The molecule has 1 aliphatic rings. The fraction of sp³-hybridized carbons (Fsp3) is 0.217. The lowest BCUT2D eigenvalue weighted by atomic mass is 9.96. The quantitative estimate of drug-likeness (QED) is 0.391. The van der Waals surface area contributed by atoms with Gasteiger partial charge in [-0.05, 0) is 48.8 Å². The van der Waals surface area contributed by atoms with Gasteiger partial charge in [0.2, 0.25) is 0 Å². The number of nitrogens with one attached hydrogen (secondary N) is 2. The minimum absolute atomic E-state index is 0.333. The SMILES string of the molecule is CN/C=C(\C=N)c1ccc2c(c1)C(c1ccc(Cl)cc1)=N[C@@H](COSC)c1nnc(C)n1-2. The average Bonchev–Trinajstić information content (AvgIpc) is 3.12. The standard InChI is InChI=1S/C23H23ClN6OS/c1-14-28-29-23-20(13-31-32-3)27-22(15-4-7-18(24)8-5-15)19-10-16(17(11-25)12-26-2)6-9-21(19)30(14)23/h4-12,20,25-26H,13H2,1-3H3/b17-12+,25-11?/t20-/m0/s1. The number of fused-ring (bicyclic) bond motifs is 3. The Balaban J connectivity index is 2.00. The summed E-state index contributed by atoms with van der Waals surface area (Å²) < 4.78 is 7.70. The van der Waals surface area contributed by atoms with E-state index in [1.165, 1.54) is 18.3 Å². The molecule has 7 nitrogen and oxygen atoms in total. The number of allylic oxidation sites excluding steroid dienone is 1. The van der Waals surface area contributed by atoms with Gasteiger partial charge < -0.3 is 14.9 Å². The van der Waals surface area contributed by atoms with Gasteiger partial charge in [-0.15, -0.1) is 10.2 Å². The zero-order valence-corrected chi connectivity index (χ0v) is 19.5.